The molecule has 1 aliphatic heterocycles. The molecule has 0 saturated carbocycles. The number of rotatable bonds is 6. The molecule has 27 heavy (non-hydrogen) atoms. The van der Waals surface area contributed by atoms with E-state index in [-0.39, 0.29) is 5.91 Å². The van der Waals surface area contributed by atoms with Crippen molar-refractivity contribution in [3.63, 3.8) is 0 Å². The minimum Gasteiger partial charge on any atom is -0.493 e. The van der Waals surface area contributed by atoms with Gasteiger partial charge in [0.2, 0.25) is 5.95 Å². The third kappa shape index (κ3) is 4.65. The zero-order valence-corrected chi connectivity index (χ0v) is 15.9. The van der Waals surface area contributed by atoms with Gasteiger partial charge in [0.15, 0.2) is 11.5 Å². The molecule has 1 aromatic heterocycles. The number of piperazine rings is 1. The lowest BCUT2D eigenvalue weighted by Crippen LogP contribution is -2.47. The number of anilines is 1. The van der Waals surface area contributed by atoms with E-state index in [1.54, 1.807) is 26.6 Å². The van der Waals surface area contributed by atoms with E-state index < -0.39 is 0 Å². The summed E-state index contributed by atoms with van der Waals surface area (Å²) in [5, 5.41) is 3.15. The molecule has 2 aromatic rings. The van der Waals surface area contributed by atoms with Crippen molar-refractivity contribution in [2.75, 3.05) is 52.8 Å². The number of aromatic nitrogens is 2. The number of ether oxygens (including phenoxy) is 2. The molecule has 0 radical (unpaired) electrons. The van der Waals surface area contributed by atoms with Gasteiger partial charge >= 0.3 is 0 Å². The maximum atomic E-state index is 12.5. The monoisotopic (exact) mass is 371 g/mol. The Morgan fingerprint density at radius 1 is 1.07 bits per heavy atom. The fourth-order valence-corrected chi connectivity index (χ4v) is 2.89. The quantitative estimate of drug-likeness (QED) is 0.824. The van der Waals surface area contributed by atoms with E-state index in [4.69, 9.17) is 9.47 Å². The second kappa shape index (κ2) is 8.68. The second-order valence-corrected chi connectivity index (χ2v) is 6.43. The summed E-state index contributed by atoms with van der Waals surface area (Å²) in [6.45, 7) is 3.77. The molecule has 0 aliphatic carbocycles. The van der Waals surface area contributed by atoms with Crippen LogP contribution in [0.4, 0.5) is 5.95 Å². The fraction of sp³-hybridized carbons (Fsp3) is 0.421. The van der Waals surface area contributed by atoms with E-state index in [0.29, 0.717) is 29.6 Å². The van der Waals surface area contributed by atoms with E-state index in [0.717, 1.165) is 31.7 Å². The van der Waals surface area contributed by atoms with E-state index in [9.17, 15) is 4.79 Å². The normalized spacial score (nSPS) is 14.7. The van der Waals surface area contributed by atoms with Crippen LogP contribution in [0.15, 0.2) is 30.6 Å². The minimum absolute atomic E-state index is 0.0189. The minimum atomic E-state index is -0.0189. The highest BCUT2D eigenvalue weighted by Crippen LogP contribution is 2.27. The number of carbonyl (C=O) groups is 1. The predicted molar refractivity (Wildman–Crippen MR) is 102 cm³/mol. The topological polar surface area (TPSA) is 79.8 Å². The van der Waals surface area contributed by atoms with Crippen LogP contribution in [-0.2, 0) is 6.54 Å². The molecule has 8 heteroatoms. The van der Waals surface area contributed by atoms with Crippen LogP contribution in [0.3, 0.4) is 0 Å². The molecule has 144 valence electrons. The van der Waals surface area contributed by atoms with Gasteiger partial charge in [-0.05, 0) is 24.7 Å². The fourth-order valence-electron chi connectivity index (χ4n) is 2.89. The number of hydrogen-bond donors (Lipinski definition) is 1. The molecule has 0 spiro atoms. The van der Waals surface area contributed by atoms with Crippen LogP contribution in [0, 0.1) is 0 Å². The molecule has 1 aliphatic rings. The number of amides is 1. The van der Waals surface area contributed by atoms with Gasteiger partial charge in [0.1, 0.15) is 0 Å². The van der Waals surface area contributed by atoms with Gasteiger partial charge in [-0.15, -0.1) is 0 Å². The maximum absolute atomic E-state index is 12.5. The number of hydrogen-bond acceptors (Lipinski definition) is 7. The van der Waals surface area contributed by atoms with E-state index in [2.05, 4.69) is 27.2 Å². The highest BCUT2D eigenvalue weighted by molar-refractivity contribution is 5.93. The van der Waals surface area contributed by atoms with Crippen molar-refractivity contribution in [2.45, 2.75) is 6.54 Å². The van der Waals surface area contributed by atoms with Gasteiger partial charge < -0.3 is 24.6 Å². The van der Waals surface area contributed by atoms with Crippen LogP contribution in [0.5, 0.6) is 11.5 Å². The summed E-state index contributed by atoms with van der Waals surface area (Å²) in [6, 6.07) is 5.70. The van der Waals surface area contributed by atoms with Gasteiger partial charge in [-0.3, -0.25) is 4.79 Å². The lowest BCUT2D eigenvalue weighted by molar-refractivity contribution is 0.0663. The van der Waals surface area contributed by atoms with Crippen molar-refractivity contribution in [3.05, 3.63) is 41.7 Å². The average molecular weight is 371 g/mol. The molecule has 0 unspecified atom stereocenters. The van der Waals surface area contributed by atoms with Crippen LogP contribution < -0.4 is 14.8 Å². The smallest absolute Gasteiger partial charge is 0.257 e. The zero-order valence-electron chi connectivity index (χ0n) is 15.9. The van der Waals surface area contributed by atoms with Crippen LogP contribution in [-0.4, -0.2) is 73.1 Å². The number of carbonyl (C=O) groups excluding carboxylic acids is 1. The Bertz CT molecular complexity index is 773. The number of nitrogens with zero attached hydrogens (tertiary/aromatic N) is 4. The van der Waals surface area contributed by atoms with Crippen molar-refractivity contribution in [1.82, 2.24) is 19.8 Å². The first-order valence-electron chi connectivity index (χ1n) is 8.85. The Labute approximate surface area is 159 Å². The highest BCUT2D eigenvalue weighted by Gasteiger charge is 2.20. The second-order valence-electron chi connectivity index (χ2n) is 6.43. The lowest BCUT2D eigenvalue weighted by Gasteiger charge is -2.32. The molecule has 8 nitrogen and oxygen atoms in total. The van der Waals surface area contributed by atoms with Crippen LogP contribution in [0.25, 0.3) is 0 Å². The lowest BCUT2D eigenvalue weighted by atomic mass is 10.2. The Balaban J connectivity index is 1.58. The molecular formula is C19H25N5O3. The molecule has 1 saturated heterocycles. The van der Waals surface area contributed by atoms with Crippen molar-refractivity contribution >= 4 is 11.9 Å². The average Bonchev–Trinajstić information content (AvgIpc) is 2.72. The van der Waals surface area contributed by atoms with Crippen LogP contribution in [0.1, 0.15) is 15.9 Å². The highest BCUT2D eigenvalue weighted by atomic mass is 16.5. The summed E-state index contributed by atoms with van der Waals surface area (Å²) >= 11 is 0. The van der Waals surface area contributed by atoms with E-state index in [1.807, 2.05) is 23.1 Å². The number of likely N-dealkylation sites (N-methyl/N-ethyl adjacent to an activating group) is 1. The summed E-state index contributed by atoms with van der Waals surface area (Å²) in [6.07, 6.45) is 3.15. The van der Waals surface area contributed by atoms with Gasteiger partial charge in [0.05, 0.1) is 19.8 Å². The van der Waals surface area contributed by atoms with Crippen LogP contribution in [0.2, 0.25) is 0 Å². The summed E-state index contributed by atoms with van der Waals surface area (Å²) < 4.78 is 10.5. The Hall–Kier alpha value is -2.87. The molecule has 3 rings (SSSR count). The summed E-state index contributed by atoms with van der Waals surface area (Å²) in [4.78, 5) is 25.1. The van der Waals surface area contributed by atoms with Crippen LogP contribution >= 0.6 is 0 Å². The molecule has 1 N–H and O–H groups in total. The molecule has 2 heterocycles. The zero-order chi connectivity index (χ0) is 19.2. The number of methoxy groups -OCH3 is 2. The summed E-state index contributed by atoms with van der Waals surface area (Å²) in [5.74, 6) is 1.81. The first kappa shape index (κ1) is 18.9. The van der Waals surface area contributed by atoms with E-state index in [1.165, 1.54) is 0 Å². The third-order valence-corrected chi connectivity index (χ3v) is 4.59. The SMILES string of the molecule is COc1ccc(CNc2ncc(C(=O)N3CCN(C)CC3)cn2)cc1OC. The molecule has 0 atom stereocenters. The number of benzene rings is 1. The molecular weight excluding hydrogens is 346 g/mol. The van der Waals surface area contributed by atoms with Gasteiger partial charge in [-0.2, -0.15) is 0 Å². The first-order chi connectivity index (χ1) is 13.1. The molecule has 0 bridgehead atoms. The summed E-state index contributed by atoms with van der Waals surface area (Å²) in [7, 11) is 5.27. The van der Waals surface area contributed by atoms with Crippen molar-refractivity contribution < 1.29 is 14.3 Å². The van der Waals surface area contributed by atoms with Crippen molar-refractivity contribution in [3.8, 4) is 11.5 Å². The van der Waals surface area contributed by atoms with Gasteiger partial charge in [-0.25, -0.2) is 9.97 Å². The standard InChI is InChI=1S/C19H25N5O3/c1-23-6-8-24(9-7-23)18(25)15-12-21-19(22-13-15)20-11-14-4-5-16(26-2)17(10-14)27-3/h4-5,10,12-13H,6-9,11H2,1-3H3,(H,20,21,22). The van der Waals surface area contributed by atoms with Gasteiger partial charge in [0, 0.05) is 45.1 Å². The summed E-state index contributed by atoms with van der Waals surface area (Å²) in [5.41, 5.74) is 1.52. The Morgan fingerprint density at radius 3 is 2.37 bits per heavy atom. The van der Waals surface area contributed by atoms with Crippen molar-refractivity contribution in [1.29, 1.82) is 0 Å². The van der Waals surface area contributed by atoms with Crippen molar-refractivity contribution in [2.24, 2.45) is 0 Å². The molecule has 1 fully saturated rings. The number of nitrogens with one attached hydrogen (secondary N) is 1. The molecule has 1 amide bonds. The van der Waals surface area contributed by atoms with E-state index >= 15 is 0 Å². The largest absolute Gasteiger partial charge is 0.493 e. The van der Waals surface area contributed by atoms with Gasteiger partial charge in [-0.1, -0.05) is 6.07 Å². The predicted octanol–water partition coefficient (Wildman–Crippen LogP) is 1.49. The Kier molecular flexibility index (Phi) is 6.08. The molecule has 1 aromatic carbocycles. The first-order valence-corrected chi connectivity index (χ1v) is 8.85. The third-order valence-electron chi connectivity index (χ3n) is 4.59. The Morgan fingerprint density at radius 2 is 1.74 bits per heavy atom. The maximum Gasteiger partial charge on any atom is 0.257 e. The van der Waals surface area contributed by atoms with Gasteiger partial charge in [0.25, 0.3) is 5.91 Å².